The second-order valence-electron chi connectivity index (χ2n) is 8.18. The first-order valence-corrected chi connectivity index (χ1v) is 12.1. The van der Waals surface area contributed by atoms with E-state index >= 15 is 0 Å². The topological polar surface area (TPSA) is 133 Å². The lowest BCUT2D eigenvalue weighted by Crippen LogP contribution is -2.46. The van der Waals surface area contributed by atoms with E-state index in [1.807, 2.05) is 44.2 Å². The molecular formula is C26H37N5O4S. The first-order chi connectivity index (χ1) is 17.2. The van der Waals surface area contributed by atoms with Gasteiger partial charge in [-0.25, -0.2) is 0 Å². The Morgan fingerprint density at radius 3 is 2.44 bits per heavy atom. The van der Waals surface area contributed by atoms with Gasteiger partial charge in [0.2, 0.25) is 5.91 Å². The van der Waals surface area contributed by atoms with Crippen molar-refractivity contribution in [2.45, 2.75) is 31.5 Å². The highest BCUT2D eigenvalue weighted by Gasteiger charge is 2.23. The molecule has 0 fully saturated rings. The van der Waals surface area contributed by atoms with Crippen molar-refractivity contribution in [1.82, 2.24) is 19.5 Å². The Bertz CT molecular complexity index is 1050. The number of H-pyrrole nitrogens is 1. The second-order valence-corrected chi connectivity index (χ2v) is 9.12. The first kappa shape index (κ1) is 30.9. The molecule has 0 aliphatic heterocycles. The van der Waals surface area contributed by atoms with Crippen LogP contribution >= 0.6 is 11.9 Å². The number of carbonyl (C=O) groups is 2. The van der Waals surface area contributed by atoms with Crippen LogP contribution in [0.25, 0.3) is 6.08 Å². The number of hydrogen-bond acceptors (Lipinski definition) is 7. The molecule has 1 unspecified atom stereocenters. The van der Waals surface area contributed by atoms with Crippen molar-refractivity contribution in [3.05, 3.63) is 70.9 Å². The Kier molecular flexibility index (Phi) is 13.5. The molecule has 36 heavy (non-hydrogen) atoms. The smallest absolute Gasteiger partial charge is 0.249 e. The molecule has 0 radical (unpaired) electrons. The highest BCUT2D eigenvalue weighted by molar-refractivity contribution is 7.97. The summed E-state index contributed by atoms with van der Waals surface area (Å²) in [5.41, 5.74) is 4.55. The van der Waals surface area contributed by atoms with Crippen molar-refractivity contribution < 1.29 is 19.8 Å². The SMILES string of the molecule is C=C(C)/C=C\c1[nH]c(SNCC(C=O)N(Cc2ccc(C(=N)N(C)C)cc2)C(=O)CO)cc1C.CO. The molecule has 1 amide bonds. The van der Waals surface area contributed by atoms with Crippen LogP contribution in [-0.2, 0) is 16.1 Å². The maximum Gasteiger partial charge on any atom is 0.249 e. The van der Waals surface area contributed by atoms with Crippen molar-refractivity contribution in [3.63, 3.8) is 0 Å². The lowest BCUT2D eigenvalue weighted by molar-refractivity contribution is -0.139. The van der Waals surface area contributed by atoms with Gasteiger partial charge in [0.15, 0.2) is 0 Å². The minimum Gasteiger partial charge on any atom is -0.400 e. The van der Waals surface area contributed by atoms with Crippen LogP contribution in [0.3, 0.4) is 0 Å². The van der Waals surface area contributed by atoms with E-state index in [0.717, 1.165) is 40.1 Å². The Labute approximate surface area is 217 Å². The van der Waals surface area contributed by atoms with Crippen LogP contribution in [0.5, 0.6) is 0 Å². The third-order valence-electron chi connectivity index (χ3n) is 5.08. The Morgan fingerprint density at radius 2 is 1.92 bits per heavy atom. The molecule has 5 N–H and O–H groups in total. The minimum absolute atomic E-state index is 0.169. The predicted octanol–water partition coefficient (Wildman–Crippen LogP) is 2.59. The molecule has 9 nitrogen and oxygen atoms in total. The van der Waals surface area contributed by atoms with Crippen molar-refractivity contribution >= 4 is 36.1 Å². The van der Waals surface area contributed by atoms with Gasteiger partial charge in [-0.2, -0.15) is 0 Å². The predicted molar refractivity (Wildman–Crippen MR) is 146 cm³/mol. The van der Waals surface area contributed by atoms with Crippen LogP contribution in [-0.4, -0.2) is 83.4 Å². The number of carbonyl (C=O) groups excluding carboxylic acids is 2. The highest BCUT2D eigenvalue weighted by atomic mass is 32.2. The van der Waals surface area contributed by atoms with Crippen LogP contribution in [0.2, 0.25) is 0 Å². The molecule has 0 saturated heterocycles. The standard InChI is InChI=1S/C25H33N5O3S.CH4O/c1-17(2)6-11-22-18(3)12-23(28-22)34-27-13-21(15-31)30(24(33)16-32)14-19-7-9-20(10-8-19)25(26)29(4)5;1-2/h6-12,15,21,26-28,32H,1,13-14,16H2,2-5H3;2H,1H3/b11-6-,26-25?;. The molecule has 0 spiro atoms. The quantitative estimate of drug-likeness (QED) is 0.0965. The number of amides is 1. The third kappa shape index (κ3) is 9.46. The van der Waals surface area contributed by atoms with Gasteiger partial charge in [-0.3, -0.25) is 14.9 Å². The molecule has 10 heteroatoms. The van der Waals surface area contributed by atoms with E-state index < -0.39 is 18.6 Å². The molecular weight excluding hydrogens is 478 g/mol. The number of aliphatic hydroxyl groups is 2. The largest absolute Gasteiger partial charge is 0.400 e. The van der Waals surface area contributed by atoms with Crippen LogP contribution in [0, 0.1) is 12.3 Å². The molecule has 2 rings (SSSR count). The summed E-state index contributed by atoms with van der Waals surface area (Å²) in [6, 6.07) is 8.47. The van der Waals surface area contributed by atoms with E-state index in [-0.39, 0.29) is 13.1 Å². The Hall–Kier alpha value is -3.18. The molecule has 1 atom stereocenters. The van der Waals surface area contributed by atoms with Crippen LogP contribution in [0.15, 0.2) is 53.6 Å². The van der Waals surface area contributed by atoms with Gasteiger partial charge in [0.25, 0.3) is 0 Å². The lowest BCUT2D eigenvalue weighted by atomic mass is 10.1. The van der Waals surface area contributed by atoms with E-state index in [9.17, 15) is 14.7 Å². The summed E-state index contributed by atoms with van der Waals surface area (Å²) in [5.74, 6) is -0.156. The fraction of sp³-hybridized carbons (Fsp3) is 0.346. The number of nitrogens with one attached hydrogen (secondary N) is 3. The molecule has 2 aromatic rings. The van der Waals surface area contributed by atoms with Gasteiger partial charge in [-0.1, -0.05) is 42.5 Å². The zero-order valence-corrected chi connectivity index (χ0v) is 22.4. The van der Waals surface area contributed by atoms with Gasteiger partial charge in [-0.05, 0) is 49.1 Å². The number of hydrogen-bond donors (Lipinski definition) is 5. The van der Waals surface area contributed by atoms with Crippen molar-refractivity contribution in [1.29, 1.82) is 5.41 Å². The molecule has 1 aromatic heterocycles. The molecule has 1 heterocycles. The Balaban J connectivity index is 0.00000316. The number of aromatic amines is 1. The van der Waals surface area contributed by atoms with Crippen LogP contribution in [0.4, 0.5) is 0 Å². The number of aromatic nitrogens is 1. The summed E-state index contributed by atoms with van der Waals surface area (Å²) in [7, 11) is 4.59. The van der Waals surface area contributed by atoms with Crippen molar-refractivity contribution in [2.75, 3.05) is 34.4 Å². The minimum atomic E-state index is -0.759. The van der Waals surface area contributed by atoms with Gasteiger partial charge in [0.05, 0.1) is 5.03 Å². The van der Waals surface area contributed by atoms with Gasteiger partial charge < -0.3 is 29.8 Å². The summed E-state index contributed by atoms with van der Waals surface area (Å²) < 4.78 is 3.14. The number of rotatable bonds is 12. The second kappa shape index (κ2) is 15.7. The van der Waals surface area contributed by atoms with Crippen LogP contribution in [0.1, 0.15) is 29.3 Å². The number of aryl methyl sites for hydroxylation is 1. The third-order valence-corrected chi connectivity index (χ3v) is 5.83. The summed E-state index contributed by atoms with van der Waals surface area (Å²) in [4.78, 5) is 30.6. The van der Waals surface area contributed by atoms with E-state index in [0.29, 0.717) is 12.1 Å². The van der Waals surface area contributed by atoms with Crippen molar-refractivity contribution in [3.8, 4) is 0 Å². The fourth-order valence-electron chi connectivity index (χ4n) is 3.14. The van der Waals surface area contributed by atoms with E-state index in [1.165, 1.54) is 16.8 Å². The van der Waals surface area contributed by atoms with Gasteiger partial charge in [0.1, 0.15) is 24.8 Å². The number of aldehydes is 1. The zero-order chi connectivity index (χ0) is 27.3. The van der Waals surface area contributed by atoms with E-state index in [1.54, 1.807) is 31.1 Å². The number of allylic oxidation sites excluding steroid dienone is 2. The fourth-order valence-corrected chi connectivity index (χ4v) is 3.94. The zero-order valence-electron chi connectivity index (χ0n) is 21.5. The number of aliphatic hydroxyl groups excluding tert-OH is 2. The van der Waals surface area contributed by atoms with E-state index in [4.69, 9.17) is 10.5 Å². The van der Waals surface area contributed by atoms with Gasteiger partial charge >= 0.3 is 0 Å². The normalized spacial score (nSPS) is 11.4. The lowest BCUT2D eigenvalue weighted by Gasteiger charge is -2.28. The maximum absolute atomic E-state index is 12.4. The summed E-state index contributed by atoms with van der Waals surface area (Å²) >= 11 is 1.33. The Morgan fingerprint density at radius 1 is 1.28 bits per heavy atom. The molecule has 0 saturated carbocycles. The van der Waals surface area contributed by atoms with Gasteiger partial charge in [0, 0.05) is 45.6 Å². The number of benzene rings is 1. The van der Waals surface area contributed by atoms with Crippen molar-refractivity contribution in [2.24, 2.45) is 0 Å². The molecule has 0 aliphatic rings. The number of amidine groups is 1. The monoisotopic (exact) mass is 515 g/mol. The highest BCUT2D eigenvalue weighted by Crippen LogP contribution is 2.20. The molecule has 0 aliphatic carbocycles. The first-order valence-electron chi connectivity index (χ1n) is 11.2. The average Bonchev–Trinajstić information content (AvgIpc) is 3.23. The maximum atomic E-state index is 12.4. The molecule has 196 valence electrons. The van der Waals surface area contributed by atoms with Crippen LogP contribution < -0.4 is 4.72 Å². The summed E-state index contributed by atoms with van der Waals surface area (Å²) in [5, 5.41) is 25.4. The molecule has 0 bridgehead atoms. The van der Waals surface area contributed by atoms with E-state index in [2.05, 4.69) is 16.3 Å². The van der Waals surface area contributed by atoms with Gasteiger partial charge in [-0.15, -0.1) is 0 Å². The number of nitrogens with zero attached hydrogens (tertiary/aromatic N) is 2. The average molecular weight is 516 g/mol. The summed E-state index contributed by atoms with van der Waals surface area (Å²) in [6.45, 7) is 7.47. The molecule has 1 aromatic carbocycles. The summed E-state index contributed by atoms with van der Waals surface area (Å²) in [6.07, 6.45) is 4.60.